The zero-order valence-corrected chi connectivity index (χ0v) is 57.5. The number of likely N-dealkylation sites (tertiary alicyclic amines) is 2. The maximum atomic E-state index is 12.3. The van der Waals surface area contributed by atoms with E-state index in [0.717, 1.165) is 73.9 Å². The normalized spacial score (nSPS) is 16.6. The van der Waals surface area contributed by atoms with Crippen molar-refractivity contribution < 1.29 is 38.6 Å². The van der Waals surface area contributed by atoms with Gasteiger partial charge >= 0.3 is 12.1 Å². The molecule has 15 rings (SSSR count). The number of benzene rings is 3. The molecule has 0 atom stereocenters. The minimum absolute atomic E-state index is 0. The number of ether oxygens (including phenoxy) is 1. The molecule has 29 nitrogen and oxygen atoms in total. The number of hydrogen-bond acceptors (Lipinski definition) is 17. The molecule has 6 aliphatic rings. The van der Waals surface area contributed by atoms with Gasteiger partial charge in [0.2, 0.25) is 0 Å². The van der Waals surface area contributed by atoms with Crippen LogP contribution in [0, 0.1) is 39.9 Å². The smallest absolute Gasteiger partial charge is 0.410 e. The number of carbonyl (C=O) groups is 6. The molecule has 3 aliphatic carbocycles. The van der Waals surface area contributed by atoms with Gasteiger partial charge in [-0.3, -0.25) is 33.2 Å². The second kappa shape index (κ2) is 31.3. The Kier molecular flexibility index (Phi) is 23.0. The van der Waals surface area contributed by atoms with Gasteiger partial charge in [0, 0.05) is 91.3 Å². The van der Waals surface area contributed by atoms with E-state index in [1.165, 1.54) is 6.92 Å². The molecule has 6 aromatic heterocycles. The van der Waals surface area contributed by atoms with Gasteiger partial charge in [-0.2, -0.15) is 30.6 Å². The average molecular weight is 1430 g/mol. The summed E-state index contributed by atoms with van der Waals surface area (Å²) in [5.41, 5.74) is 43.6. The van der Waals surface area contributed by atoms with Crippen LogP contribution in [-0.4, -0.2) is 154 Å². The summed E-state index contributed by atoms with van der Waals surface area (Å²) in [6.45, 7) is 15.4. The van der Waals surface area contributed by atoms with Gasteiger partial charge in [0.1, 0.15) is 56.8 Å². The van der Waals surface area contributed by atoms with Gasteiger partial charge < -0.3 is 59.4 Å². The molecule has 3 aliphatic heterocycles. The lowest BCUT2D eigenvalue weighted by atomic mass is 9.60. The zero-order valence-electron chi connectivity index (χ0n) is 57.5. The number of aromatic nitrogens is 12. The van der Waals surface area contributed by atoms with Crippen LogP contribution in [0.1, 0.15) is 161 Å². The predicted octanol–water partition coefficient (Wildman–Crippen LogP) is 8.11. The van der Waals surface area contributed by atoms with Gasteiger partial charge in [-0.1, -0.05) is 125 Å². The van der Waals surface area contributed by atoms with E-state index in [2.05, 4.69) is 48.6 Å². The van der Waals surface area contributed by atoms with Gasteiger partial charge in [0.15, 0.2) is 0 Å². The number of nitrogens with two attached hydrogens (primary N) is 6. The third kappa shape index (κ3) is 16.6. The maximum absolute atomic E-state index is 12.3. The van der Waals surface area contributed by atoms with Crippen molar-refractivity contribution in [3.63, 3.8) is 0 Å². The highest BCUT2D eigenvalue weighted by atomic mass is 16.6. The van der Waals surface area contributed by atoms with Crippen LogP contribution in [0.2, 0.25) is 0 Å². The lowest BCUT2D eigenvalue weighted by molar-refractivity contribution is -0.148. The van der Waals surface area contributed by atoms with Gasteiger partial charge in [0.25, 0.3) is 23.6 Å². The summed E-state index contributed by atoms with van der Waals surface area (Å²) >= 11 is 0. The van der Waals surface area contributed by atoms with Crippen LogP contribution in [0.5, 0.6) is 0 Å². The summed E-state index contributed by atoms with van der Waals surface area (Å²) in [5, 5.41) is 38.4. The molecular weight excluding hydrogens is 1330 g/mol. The lowest BCUT2D eigenvalue weighted by Crippen LogP contribution is -2.64. The summed E-state index contributed by atoms with van der Waals surface area (Å²) in [6, 6.07) is 30.4. The van der Waals surface area contributed by atoms with Crippen molar-refractivity contribution in [1.29, 1.82) is 0 Å². The molecule has 3 aromatic carbocycles. The van der Waals surface area contributed by atoms with Gasteiger partial charge in [0.05, 0.1) is 56.4 Å². The van der Waals surface area contributed by atoms with Gasteiger partial charge in [-0.25, -0.2) is 23.6 Å². The van der Waals surface area contributed by atoms with Gasteiger partial charge in [-0.05, 0) is 101 Å². The van der Waals surface area contributed by atoms with Crippen molar-refractivity contribution in [1.82, 2.24) is 73.8 Å². The standard InChI is InChI=1S/C25H31N7O3.C24H25N7O2.C20H23N7O.C4H4O2.3CH4/c1-24(2,3)35-23(34)30-14-25(15-30)9-18(10-25)32-21(26)19(22(27)33)20(29-32)17-11-28-31(13-17)12-16-7-5-4-6-8-16;1-2-6-19(32)29-14-24(15-29)9-18(10-24)31-22(25)20(23(26)33)21(28-31)17-11-27-30(13-17)12-16-7-4-3-5-8-16;21-18-16(19(22)28)17(25-27(18)15-6-20(7-15)11-23-12-20)14-8-24-26(10-14)9-13-4-2-1-3-5-13;1-2-3-4(5)6;;;/h4-8,11,13,18H,9-10,12,14-15,26H2,1-3H3,(H2,27,33);3-5,7-8,11,13,18H,9-10,12,14-15,25H2,1H3,(H2,26,33);1-5,8,10,15,23H,6-7,9,11-12,21H2,(H2,22,28);1H3,(H,5,6);3*1H4. The molecule has 9 heterocycles. The molecule has 5 amide bonds. The molecular formula is C76H95N21O8. The maximum Gasteiger partial charge on any atom is 0.410 e. The predicted molar refractivity (Wildman–Crippen MR) is 400 cm³/mol. The fourth-order valence-corrected chi connectivity index (χ4v) is 14.6. The molecule has 0 bridgehead atoms. The Morgan fingerprint density at radius 3 is 1.09 bits per heavy atom. The van der Waals surface area contributed by atoms with E-state index in [0.29, 0.717) is 85.3 Å². The second-order valence-electron chi connectivity index (χ2n) is 28.3. The fourth-order valence-electron chi connectivity index (χ4n) is 14.6. The molecule has 14 N–H and O–H groups in total. The minimum atomic E-state index is -1.07. The SMILES string of the molecule is C.C.C.CC#CC(=O)N1CC2(CC(n3nc(-c4cnn(Cc5ccccc5)c4)c(C(N)=O)c3N)C2)C1.CC#CC(=O)O.CC(C)(C)OC(=O)N1CC2(CC(n3nc(-c4cnn(Cc5ccccc5)c4)c(C(N)=O)c3N)C2)C1.NC(=O)c1c(-c2cnn(Cc3ccccc3)c2)nn(C2CC3(CNC3)C2)c1N. The monoisotopic (exact) mass is 1430 g/mol. The molecule has 0 unspecified atom stereocenters. The quantitative estimate of drug-likeness (QED) is 0.0449. The van der Waals surface area contributed by atoms with E-state index in [4.69, 9.17) is 49.3 Å². The summed E-state index contributed by atoms with van der Waals surface area (Å²) in [7, 11) is 0. The Morgan fingerprint density at radius 2 is 0.819 bits per heavy atom. The Balaban J connectivity index is 0.000000174. The molecule has 6 fully saturated rings. The molecule has 3 saturated heterocycles. The number of rotatable bonds is 15. The Hall–Kier alpha value is -12.0. The molecule has 0 radical (unpaired) electrons. The van der Waals surface area contributed by atoms with E-state index in [1.54, 1.807) is 58.7 Å². The van der Waals surface area contributed by atoms with Crippen molar-refractivity contribution in [3.05, 3.63) is 162 Å². The summed E-state index contributed by atoms with van der Waals surface area (Å²) in [6.07, 6.45) is 15.7. The van der Waals surface area contributed by atoms with Crippen molar-refractivity contribution in [2.75, 3.05) is 56.5 Å². The number of amides is 5. The Labute approximate surface area is 610 Å². The molecule has 3 saturated carbocycles. The van der Waals surface area contributed by atoms with Crippen molar-refractivity contribution in [2.24, 2.45) is 33.4 Å². The number of nitrogens with one attached hydrogen (secondary N) is 1. The Bertz CT molecular complexity index is 4740. The first-order valence-corrected chi connectivity index (χ1v) is 33.5. The number of carboxylic acid groups (broad SMARTS) is 1. The highest BCUT2D eigenvalue weighted by Crippen LogP contribution is 2.57. The topological polar surface area (TPSA) is 413 Å². The summed E-state index contributed by atoms with van der Waals surface area (Å²) < 4.78 is 16.1. The molecule has 9 aromatic rings. The van der Waals surface area contributed by atoms with E-state index in [9.17, 15) is 28.8 Å². The molecule has 105 heavy (non-hydrogen) atoms. The van der Waals surface area contributed by atoms with Crippen LogP contribution in [0.25, 0.3) is 33.8 Å². The number of hydrogen-bond donors (Lipinski definition) is 8. The van der Waals surface area contributed by atoms with E-state index in [1.807, 2.05) is 141 Å². The number of nitrogens with zero attached hydrogens (tertiary/aromatic N) is 14. The van der Waals surface area contributed by atoms with Crippen LogP contribution in [0.4, 0.5) is 22.2 Å². The minimum Gasteiger partial charge on any atom is -0.472 e. The fraction of sp³-hybridized carbons (Fsp3) is 0.395. The first kappa shape index (κ1) is 77.2. The first-order valence-electron chi connectivity index (χ1n) is 33.5. The van der Waals surface area contributed by atoms with Crippen molar-refractivity contribution in [2.45, 2.75) is 139 Å². The number of aliphatic carboxylic acids is 1. The van der Waals surface area contributed by atoms with Crippen LogP contribution in [-0.2, 0) is 34.0 Å². The van der Waals surface area contributed by atoms with Crippen molar-refractivity contribution in [3.8, 4) is 57.5 Å². The van der Waals surface area contributed by atoms with Gasteiger partial charge in [-0.15, -0.1) is 0 Å². The number of anilines is 3. The van der Waals surface area contributed by atoms with Crippen LogP contribution in [0.15, 0.2) is 128 Å². The highest BCUT2D eigenvalue weighted by Gasteiger charge is 2.57. The third-order valence-corrected chi connectivity index (χ3v) is 19.4. The number of nitrogen functional groups attached to an aromatic ring is 3. The van der Waals surface area contributed by atoms with Crippen LogP contribution >= 0.6 is 0 Å². The highest BCUT2D eigenvalue weighted by molar-refractivity contribution is 6.05. The van der Waals surface area contributed by atoms with Crippen LogP contribution in [0.3, 0.4) is 0 Å². The Morgan fingerprint density at radius 1 is 0.505 bits per heavy atom. The molecule has 552 valence electrons. The summed E-state index contributed by atoms with van der Waals surface area (Å²) in [5.74, 6) is 7.23. The molecule has 3 spiro atoms. The summed E-state index contributed by atoms with van der Waals surface area (Å²) in [4.78, 5) is 73.7. The number of carboxylic acids is 1. The van der Waals surface area contributed by atoms with E-state index in [-0.39, 0.29) is 91.6 Å². The largest absolute Gasteiger partial charge is 0.472 e. The van der Waals surface area contributed by atoms with Crippen LogP contribution < -0.4 is 39.7 Å². The third-order valence-electron chi connectivity index (χ3n) is 19.4. The lowest BCUT2D eigenvalue weighted by Gasteiger charge is -2.58. The average Bonchev–Trinajstić information content (AvgIpc) is 1.72. The number of primary amides is 3. The molecule has 29 heteroatoms. The number of carbonyl (C=O) groups excluding carboxylic acids is 5. The van der Waals surface area contributed by atoms with E-state index < -0.39 is 29.3 Å². The first-order chi connectivity index (χ1) is 48.7. The van der Waals surface area contributed by atoms with E-state index >= 15 is 0 Å². The zero-order chi connectivity index (χ0) is 72.4. The van der Waals surface area contributed by atoms with Crippen molar-refractivity contribution >= 4 is 53.1 Å². The second-order valence-corrected chi connectivity index (χ2v) is 28.3.